The van der Waals surface area contributed by atoms with Crippen LogP contribution in [0.5, 0.6) is 5.75 Å². The highest BCUT2D eigenvalue weighted by Crippen LogP contribution is 2.27. The number of carbonyl (C=O) groups excluding carboxylic acids is 1. The fourth-order valence-electron chi connectivity index (χ4n) is 1.98. The molecule has 0 aliphatic rings. The summed E-state index contributed by atoms with van der Waals surface area (Å²) in [5.74, 6) is 0.724. The Kier molecular flexibility index (Phi) is 3.04. The zero-order valence-corrected chi connectivity index (χ0v) is 10.3. The molecule has 0 spiro atoms. The molecule has 2 rings (SSSR count). The van der Waals surface area contributed by atoms with Crippen molar-refractivity contribution in [2.24, 2.45) is 7.05 Å². The van der Waals surface area contributed by atoms with E-state index in [0.717, 1.165) is 16.7 Å². The third-order valence-electron chi connectivity index (χ3n) is 2.84. The quantitative estimate of drug-likeness (QED) is 0.878. The van der Waals surface area contributed by atoms with Gasteiger partial charge in [-0.15, -0.1) is 0 Å². The van der Waals surface area contributed by atoms with Crippen molar-refractivity contribution < 1.29 is 9.53 Å². The summed E-state index contributed by atoms with van der Waals surface area (Å²) < 4.78 is 7.17. The number of carbonyl (C=O) groups is 1. The average molecular weight is 232 g/mol. The molecule has 0 unspecified atom stereocenters. The zero-order valence-electron chi connectivity index (χ0n) is 10.3. The third-order valence-corrected chi connectivity index (χ3v) is 2.84. The van der Waals surface area contributed by atoms with Gasteiger partial charge in [0, 0.05) is 19.0 Å². The molecule has 1 N–H and O–H groups in total. The third kappa shape index (κ3) is 1.86. The van der Waals surface area contributed by atoms with E-state index in [9.17, 15) is 4.79 Å². The maximum atomic E-state index is 11.9. The number of nitrogens with one attached hydrogen (secondary N) is 1. The highest BCUT2D eigenvalue weighted by Gasteiger charge is 2.14. The first-order valence-corrected chi connectivity index (χ1v) is 5.59. The Hall–Kier alpha value is -1.97. The summed E-state index contributed by atoms with van der Waals surface area (Å²) in [7, 11) is 3.51. The van der Waals surface area contributed by atoms with Gasteiger partial charge in [-0.2, -0.15) is 0 Å². The van der Waals surface area contributed by atoms with Crippen LogP contribution in [0.1, 0.15) is 17.4 Å². The van der Waals surface area contributed by atoms with Crippen LogP contribution >= 0.6 is 0 Å². The van der Waals surface area contributed by atoms with Crippen molar-refractivity contribution in [2.75, 3.05) is 13.7 Å². The van der Waals surface area contributed by atoms with E-state index >= 15 is 0 Å². The van der Waals surface area contributed by atoms with E-state index in [1.807, 2.05) is 42.8 Å². The van der Waals surface area contributed by atoms with Gasteiger partial charge in [-0.05, 0) is 25.1 Å². The molecular weight excluding hydrogens is 216 g/mol. The number of fused-ring (bicyclic) bond motifs is 1. The molecule has 0 saturated carbocycles. The largest absolute Gasteiger partial charge is 0.496 e. The van der Waals surface area contributed by atoms with Gasteiger partial charge in [0.25, 0.3) is 5.91 Å². The van der Waals surface area contributed by atoms with Crippen LogP contribution in [0.2, 0.25) is 0 Å². The summed E-state index contributed by atoms with van der Waals surface area (Å²) >= 11 is 0. The number of nitrogens with zero attached hydrogens (tertiary/aromatic N) is 1. The van der Waals surface area contributed by atoms with E-state index in [2.05, 4.69) is 5.32 Å². The van der Waals surface area contributed by atoms with Gasteiger partial charge in [0.2, 0.25) is 0 Å². The lowest BCUT2D eigenvalue weighted by Gasteiger charge is -2.04. The van der Waals surface area contributed by atoms with Gasteiger partial charge in [0.05, 0.1) is 12.6 Å². The van der Waals surface area contributed by atoms with E-state index in [4.69, 9.17) is 4.74 Å². The van der Waals surface area contributed by atoms with E-state index in [-0.39, 0.29) is 5.91 Å². The summed E-state index contributed by atoms with van der Waals surface area (Å²) in [5, 5.41) is 3.76. The van der Waals surface area contributed by atoms with Crippen molar-refractivity contribution in [3.05, 3.63) is 30.0 Å². The maximum absolute atomic E-state index is 11.9. The van der Waals surface area contributed by atoms with Crippen LogP contribution in [0, 0.1) is 0 Å². The fourth-order valence-corrected chi connectivity index (χ4v) is 1.98. The molecular formula is C13H16N2O2. The molecule has 1 amide bonds. The van der Waals surface area contributed by atoms with Gasteiger partial charge in [0.1, 0.15) is 11.4 Å². The second-order valence-corrected chi connectivity index (χ2v) is 3.84. The highest BCUT2D eigenvalue weighted by molar-refractivity contribution is 6.00. The molecule has 0 aliphatic heterocycles. The molecule has 4 heteroatoms. The first-order valence-electron chi connectivity index (χ1n) is 5.59. The monoisotopic (exact) mass is 232 g/mol. The molecule has 0 bridgehead atoms. The molecule has 90 valence electrons. The van der Waals surface area contributed by atoms with Gasteiger partial charge >= 0.3 is 0 Å². The Labute approximate surface area is 100 Å². The number of amides is 1. The van der Waals surface area contributed by atoms with Crippen LogP contribution < -0.4 is 10.1 Å². The molecule has 2 aromatic rings. The first kappa shape index (κ1) is 11.5. The Balaban J connectivity index is 2.60. The normalized spacial score (nSPS) is 10.5. The van der Waals surface area contributed by atoms with Gasteiger partial charge < -0.3 is 14.6 Å². The Morgan fingerprint density at radius 2 is 2.24 bits per heavy atom. The Morgan fingerprint density at radius 1 is 1.47 bits per heavy atom. The second kappa shape index (κ2) is 4.49. The second-order valence-electron chi connectivity index (χ2n) is 3.84. The molecule has 4 nitrogen and oxygen atoms in total. The van der Waals surface area contributed by atoms with E-state index in [1.165, 1.54) is 0 Å². The predicted octanol–water partition coefficient (Wildman–Crippen LogP) is 1.94. The molecule has 0 saturated heterocycles. The number of benzene rings is 1. The van der Waals surface area contributed by atoms with Gasteiger partial charge in [-0.1, -0.05) is 6.07 Å². The smallest absolute Gasteiger partial charge is 0.267 e. The van der Waals surface area contributed by atoms with Gasteiger partial charge in [-0.25, -0.2) is 0 Å². The van der Waals surface area contributed by atoms with Crippen LogP contribution in [0.15, 0.2) is 24.3 Å². The van der Waals surface area contributed by atoms with Gasteiger partial charge in [0.15, 0.2) is 0 Å². The van der Waals surface area contributed by atoms with Crippen molar-refractivity contribution in [2.45, 2.75) is 6.92 Å². The fraction of sp³-hybridized carbons (Fsp3) is 0.308. The first-order chi connectivity index (χ1) is 8.19. The molecule has 1 aromatic carbocycles. The van der Waals surface area contributed by atoms with Crippen molar-refractivity contribution in [1.82, 2.24) is 9.88 Å². The summed E-state index contributed by atoms with van der Waals surface area (Å²) in [6, 6.07) is 7.65. The minimum Gasteiger partial charge on any atom is -0.496 e. The topological polar surface area (TPSA) is 43.3 Å². The van der Waals surface area contributed by atoms with Crippen molar-refractivity contribution >= 4 is 16.8 Å². The molecule has 0 fully saturated rings. The van der Waals surface area contributed by atoms with Crippen molar-refractivity contribution in [3.8, 4) is 5.75 Å². The van der Waals surface area contributed by atoms with Crippen LogP contribution in [0.25, 0.3) is 10.9 Å². The van der Waals surface area contributed by atoms with Crippen LogP contribution in [0.4, 0.5) is 0 Å². The lowest BCUT2D eigenvalue weighted by atomic mass is 10.2. The SMILES string of the molecule is CCNC(=O)c1cc2c(OC)cccc2n1C. The average Bonchev–Trinajstić information content (AvgIpc) is 2.67. The molecule has 0 atom stereocenters. The maximum Gasteiger partial charge on any atom is 0.267 e. The number of hydrogen-bond acceptors (Lipinski definition) is 2. The minimum absolute atomic E-state index is 0.0618. The van der Waals surface area contributed by atoms with E-state index in [1.54, 1.807) is 7.11 Å². The summed E-state index contributed by atoms with van der Waals surface area (Å²) in [4.78, 5) is 11.9. The number of ether oxygens (including phenoxy) is 1. The Morgan fingerprint density at radius 3 is 2.88 bits per heavy atom. The van der Waals surface area contributed by atoms with Crippen molar-refractivity contribution in [3.63, 3.8) is 0 Å². The summed E-state index contributed by atoms with van der Waals surface area (Å²) in [5.41, 5.74) is 1.64. The van der Waals surface area contributed by atoms with Crippen LogP contribution in [-0.4, -0.2) is 24.1 Å². The lowest BCUT2D eigenvalue weighted by molar-refractivity contribution is 0.0948. The van der Waals surface area contributed by atoms with Crippen LogP contribution in [0.3, 0.4) is 0 Å². The van der Waals surface area contributed by atoms with E-state index in [0.29, 0.717) is 12.2 Å². The lowest BCUT2D eigenvalue weighted by Crippen LogP contribution is -2.24. The molecule has 17 heavy (non-hydrogen) atoms. The van der Waals surface area contributed by atoms with Crippen LogP contribution in [-0.2, 0) is 7.05 Å². The minimum atomic E-state index is -0.0618. The predicted molar refractivity (Wildman–Crippen MR) is 67.5 cm³/mol. The molecule has 1 aromatic heterocycles. The standard InChI is InChI=1S/C13H16N2O2/c1-4-14-13(16)11-8-9-10(15(11)2)6-5-7-12(9)17-3/h5-8H,4H2,1-3H3,(H,14,16). The molecule has 0 aliphatic carbocycles. The number of aromatic nitrogens is 1. The van der Waals surface area contributed by atoms with E-state index < -0.39 is 0 Å². The highest BCUT2D eigenvalue weighted by atomic mass is 16.5. The summed E-state index contributed by atoms with van der Waals surface area (Å²) in [6.07, 6.45) is 0. The summed E-state index contributed by atoms with van der Waals surface area (Å²) in [6.45, 7) is 2.53. The number of hydrogen-bond donors (Lipinski definition) is 1. The molecule has 0 radical (unpaired) electrons. The number of aryl methyl sites for hydroxylation is 1. The number of rotatable bonds is 3. The zero-order chi connectivity index (χ0) is 12.4. The Bertz CT molecular complexity index is 558. The molecule has 1 heterocycles. The number of methoxy groups -OCH3 is 1. The van der Waals surface area contributed by atoms with Crippen molar-refractivity contribution in [1.29, 1.82) is 0 Å². The van der Waals surface area contributed by atoms with Gasteiger partial charge in [-0.3, -0.25) is 4.79 Å².